The molecule has 3 rings (SSSR count). The van der Waals surface area contributed by atoms with Crippen LogP contribution in [0.1, 0.15) is 16.9 Å². The van der Waals surface area contributed by atoms with Gasteiger partial charge in [0, 0.05) is 6.08 Å². The molecule has 0 atom stereocenters. The van der Waals surface area contributed by atoms with Gasteiger partial charge < -0.3 is 4.42 Å². The second-order valence-corrected chi connectivity index (χ2v) is 6.45. The topological polar surface area (TPSA) is 74.3 Å². The minimum Gasteiger partial charge on any atom is -0.450 e. The summed E-state index contributed by atoms with van der Waals surface area (Å²) in [5, 5.41) is 8.74. The van der Waals surface area contributed by atoms with Gasteiger partial charge in [-0.15, -0.1) is 0 Å². The molecule has 0 unspecified atom stereocenters. The maximum absolute atomic E-state index is 12.4. The lowest BCUT2D eigenvalue weighted by Crippen LogP contribution is -2.27. The summed E-state index contributed by atoms with van der Waals surface area (Å²) in [5.74, 6) is 0.0973. The van der Waals surface area contributed by atoms with Crippen molar-refractivity contribution in [3.05, 3.63) is 62.9 Å². The number of thioether (sulfide) groups is 1. The zero-order valence-corrected chi connectivity index (χ0v) is 14.1. The summed E-state index contributed by atoms with van der Waals surface area (Å²) in [6.45, 7) is 0.0770. The van der Waals surface area contributed by atoms with Crippen LogP contribution in [0.3, 0.4) is 0 Å². The third-order valence-electron chi connectivity index (χ3n) is 3.21. The van der Waals surface area contributed by atoms with Crippen molar-refractivity contribution in [3.8, 4) is 6.07 Å². The van der Waals surface area contributed by atoms with E-state index in [9.17, 15) is 9.59 Å². The Balaban J connectivity index is 1.85. The van der Waals surface area contributed by atoms with Gasteiger partial charge >= 0.3 is 0 Å². The molecule has 5 nitrogen and oxygen atoms in total. The smallest absolute Gasteiger partial charge is 0.293 e. The minimum absolute atomic E-state index is 0.0770. The van der Waals surface area contributed by atoms with Crippen LogP contribution < -0.4 is 0 Å². The lowest BCUT2D eigenvalue weighted by atomic mass is 10.1. The first-order valence-corrected chi connectivity index (χ1v) is 8.18. The first-order valence-electron chi connectivity index (χ1n) is 6.57. The van der Waals surface area contributed by atoms with Gasteiger partial charge in [0.1, 0.15) is 5.76 Å². The zero-order chi connectivity index (χ0) is 16.4. The van der Waals surface area contributed by atoms with Crippen molar-refractivity contribution in [3.63, 3.8) is 0 Å². The third-order valence-corrected chi connectivity index (χ3v) is 4.54. The van der Waals surface area contributed by atoms with E-state index in [0.717, 1.165) is 16.7 Å². The standard InChI is InChI=1S/C16H9BrN2O3S/c17-14-6-5-12(22-14)7-13-15(20)19(16(21)23-13)9-11-4-2-1-3-10(11)8-18/h1-7H,9H2/b13-7+. The highest BCUT2D eigenvalue weighted by Crippen LogP contribution is 2.34. The van der Waals surface area contributed by atoms with E-state index in [4.69, 9.17) is 9.68 Å². The van der Waals surface area contributed by atoms with Gasteiger partial charge in [0.25, 0.3) is 11.1 Å². The van der Waals surface area contributed by atoms with Gasteiger partial charge in [-0.3, -0.25) is 14.5 Å². The summed E-state index contributed by atoms with van der Waals surface area (Å²) in [6.07, 6.45) is 1.53. The summed E-state index contributed by atoms with van der Waals surface area (Å²) < 4.78 is 5.87. The Labute approximate surface area is 144 Å². The molecule has 1 aliphatic rings. The fraction of sp³-hybridized carbons (Fsp3) is 0.0625. The van der Waals surface area contributed by atoms with Crippen LogP contribution in [0.25, 0.3) is 6.08 Å². The van der Waals surface area contributed by atoms with Crippen LogP contribution in [0.5, 0.6) is 0 Å². The zero-order valence-electron chi connectivity index (χ0n) is 11.7. The maximum Gasteiger partial charge on any atom is 0.293 e. The normalized spacial score (nSPS) is 16.2. The Morgan fingerprint density at radius 1 is 1.26 bits per heavy atom. The Kier molecular flexibility index (Phi) is 4.37. The molecule has 114 valence electrons. The number of rotatable bonds is 3. The van der Waals surface area contributed by atoms with Crippen molar-refractivity contribution in [1.29, 1.82) is 5.26 Å². The molecule has 1 aliphatic heterocycles. The summed E-state index contributed by atoms with van der Waals surface area (Å²) in [7, 11) is 0. The highest BCUT2D eigenvalue weighted by Gasteiger charge is 2.35. The van der Waals surface area contributed by atoms with E-state index in [0.29, 0.717) is 26.5 Å². The number of imide groups is 1. The molecule has 2 amide bonds. The predicted molar refractivity (Wildman–Crippen MR) is 89.1 cm³/mol. The largest absolute Gasteiger partial charge is 0.450 e. The molecule has 1 aromatic heterocycles. The Bertz CT molecular complexity index is 866. The van der Waals surface area contributed by atoms with Gasteiger partial charge in [0.15, 0.2) is 4.67 Å². The van der Waals surface area contributed by atoms with E-state index in [1.54, 1.807) is 36.4 Å². The number of halogens is 1. The van der Waals surface area contributed by atoms with E-state index in [2.05, 4.69) is 22.0 Å². The molecule has 0 N–H and O–H groups in total. The lowest BCUT2D eigenvalue weighted by Gasteiger charge is -2.13. The summed E-state index contributed by atoms with van der Waals surface area (Å²) in [4.78, 5) is 25.9. The number of hydrogen-bond acceptors (Lipinski definition) is 5. The molecule has 2 aromatic rings. The minimum atomic E-state index is -0.389. The molecule has 0 spiro atoms. The molecule has 0 saturated carbocycles. The van der Waals surface area contributed by atoms with Gasteiger partial charge in [-0.05, 0) is 51.5 Å². The molecular formula is C16H9BrN2O3S. The highest BCUT2D eigenvalue weighted by atomic mass is 79.9. The first kappa shape index (κ1) is 15.6. The van der Waals surface area contributed by atoms with Crippen LogP contribution in [-0.4, -0.2) is 16.0 Å². The monoisotopic (exact) mass is 388 g/mol. The Morgan fingerprint density at radius 3 is 2.74 bits per heavy atom. The molecule has 0 aliphatic carbocycles. The summed E-state index contributed by atoms with van der Waals surface area (Å²) in [6, 6.07) is 12.4. The van der Waals surface area contributed by atoms with Crippen molar-refractivity contribution in [2.45, 2.75) is 6.54 Å². The molecule has 23 heavy (non-hydrogen) atoms. The number of amides is 2. The van der Waals surface area contributed by atoms with Crippen molar-refractivity contribution in [2.24, 2.45) is 0 Å². The van der Waals surface area contributed by atoms with E-state index >= 15 is 0 Å². The number of carbonyl (C=O) groups is 2. The molecule has 7 heteroatoms. The molecule has 2 heterocycles. The average molecular weight is 389 g/mol. The quantitative estimate of drug-likeness (QED) is 0.738. The number of furan rings is 1. The first-order chi connectivity index (χ1) is 11.1. The fourth-order valence-electron chi connectivity index (χ4n) is 2.11. The van der Waals surface area contributed by atoms with E-state index in [1.807, 2.05) is 0 Å². The number of nitrogens with zero attached hydrogens (tertiary/aromatic N) is 2. The van der Waals surface area contributed by atoms with Gasteiger partial charge in [-0.25, -0.2) is 0 Å². The number of hydrogen-bond donors (Lipinski definition) is 0. The van der Waals surface area contributed by atoms with Crippen LogP contribution in [0.15, 0.2) is 50.4 Å². The van der Waals surface area contributed by atoms with Crippen LogP contribution in [0, 0.1) is 11.3 Å². The SMILES string of the molecule is N#Cc1ccccc1CN1C(=O)S/C(=C/c2ccc(Br)o2)C1=O. The third kappa shape index (κ3) is 3.23. The van der Waals surface area contributed by atoms with Gasteiger partial charge in [-0.1, -0.05) is 18.2 Å². The predicted octanol–water partition coefficient (Wildman–Crippen LogP) is 4.15. The molecular weight excluding hydrogens is 380 g/mol. The average Bonchev–Trinajstić information content (AvgIpc) is 3.06. The van der Waals surface area contributed by atoms with E-state index < -0.39 is 0 Å². The van der Waals surface area contributed by atoms with Crippen molar-refractivity contribution < 1.29 is 14.0 Å². The van der Waals surface area contributed by atoms with Gasteiger partial charge in [0.2, 0.25) is 0 Å². The maximum atomic E-state index is 12.4. The molecule has 1 fully saturated rings. The van der Waals surface area contributed by atoms with Crippen molar-refractivity contribution in [1.82, 2.24) is 4.90 Å². The summed E-state index contributed by atoms with van der Waals surface area (Å²) >= 11 is 4.04. The van der Waals surface area contributed by atoms with Crippen molar-refractivity contribution >= 4 is 44.9 Å². The van der Waals surface area contributed by atoms with Crippen LogP contribution in [0.2, 0.25) is 0 Å². The Morgan fingerprint density at radius 2 is 2.04 bits per heavy atom. The molecule has 0 radical (unpaired) electrons. The number of carbonyl (C=O) groups excluding carboxylic acids is 2. The van der Waals surface area contributed by atoms with Gasteiger partial charge in [-0.2, -0.15) is 5.26 Å². The van der Waals surface area contributed by atoms with Crippen LogP contribution >= 0.6 is 27.7 Å². The Hall–Kier alpha value is -2.30. The van der Waals surface area contributed by atoms with Crippen LogP contribution in [0.4, 0.5) is 4.79 Å². The fourth-order valence-corrected chi connectivity index (χ4v) is 3.25. The van der Waals surface area contributed by atoms with Gasteiger partial charge in [0.05, 0.1) is 23.1 Å². The van der Waals surface area contributed by atoms with Crippen molar-refractivity contribution in [2.75, 3.05) is 0 Å². The molecule has 1 saturated heterocycles. The highest BCUT2D eigenvalue weighted by molar-refractivity contribution is 9.10. The number of benzene rings is 1. The summed E-state index contributed by atoms with van der Waals surface area (Å²) in [5.41, 5.74) is 1.09. The number of nitriles is 1. The van der Waals surface area contributed by atoms with E-state index in [-0.39, 0.29) is 17.7 Å². The second kappa shape index (κ2) is 6.44. The molecule has 1 aromatic carbocycles. The lowest BCUT2D eigenvalue weighted by molar-refractivity contribution is -0.123. The molecule has 0 bridgehead atoms. The van der Waals surface area contributed by atoms with Crippen LogP contribution in [-0.2, 0) is 11.3 Å². The second-order valence-electron chi connectivity index (χ2n) is 4.68. The van der Waals surface area contributed by atoms with E-state index in [1.165, 1.54) is 6.08 Å².